The highest BCUT2D eigenvalue weighted by atomic mass is 31.2. The highest BCUT2D eigenvalue weighted by Crippen LogP contribution is 2.36. The van der Waals surface area contributed by atoms with Crippen molar-refractivity contribution < 1.29 is 14.0 Å². The van der Waals surface area contributed by atoms with Gasteiger partial charge in [0.25, 0.3) is 0 Å². The molecule has 0 saturated carbocycles. The Morgan fingerprint density at radius 3 is 2.44 bits per heavy atom. The number of rotatable bonds is 7. The largest absolute Gasteiger partial charge is 0.325 e. The average molecular weight is 271 g/mol. The van der Waals surface area contributed by atoms with Crippen LogP contribution in [0.2, 0.25) is 0 Å². The maximum absolute atomic E-state index is 11.2. The predicted octanol–water partition coefficient (Wildman–Crippen LogP) is 2.43. The molecule has 2 atom stereocenters. The highest BCUT2D eigenvalue weighted by molar-refractivity contribution is 7.51. The van der Waals surface area contributed by atoms with Crippen LogP contribution in [0.15, 0.2) is 30.3 Å². The van der Waals surface area contributed by atoms with Gasteiger partial charge >= 0.3 is 7.60 Å². The van der Waals surface area contributed by atoms with E-state index in [2.05, 4.69) is 5.32 Å². The topological polar surface area (TPSA) is 58.6 Å². The summed E-state index contributed by atoms with van der Waals surface area (Å²) in [7, 11) is -3.41. The fraction of sp³-hybridized carbons (Fsp3) is 0.538. The van der Waals surface area contributed by atoms with Crippen LogP contribution in [-0.4, -0.2) is 30.2 Å². The molecule has 0 saturated heterocycles. The molecule has 1 aromatic carbocycles. The van der Waals surface area contributed by atoms with Gasteiger partial charge in [-0.25, -0.2) is 0 Å². The van der Waals surface area contributed by atoms with Gasteiger partial charge in [0.15, 0.2) is 0 Å². The smallest absolute Gasteiger partial charge is 0.324 e. The molecular formula is C13H22NO3P. The number of nitrogens with one attached hydrogen (secondary N) is 1. The van der Waals surface area contributed by atoms with E-state index in [-0.39, 0.29) is 12.6 Å². The van der Waals surface area contributed by atoms with Gasteiger partial charge in [-0.05, 0) is 12.0 Å². The van der Waals surface area contributed by atoms with Crippen molar-refractivity contribution >= 4 is 7.60 Å². The van der Waals surface area contributed by atoms with Gasteiger partial charge in [-0.15, -0.1) is 0 Å². The van der Waals surface area contributed by atoms with Crippen LogP contribution in [0.1, 0.15) is 19.4 Å². The van der Waals surface area contributed by atoms with Crippen LogP contribution in [0.3, 0.4) is 0 Å². The van der Waals surface area contributed by atoms with Crippen molar-refractivity contribution in [2.45, 2.75) is 32.4 Å². The molecule has 0 amide bonds. The highest BCUT2D eigenvalue weighted by Gasteiger charge is 2.16. The van der Waals surface area contributed by atoms with E-state index >= 15 is 0 Å². The summed E-state index contributed by atoms with van der Waals surface area (Å²) < 4.78 is 16.2. The van der Waals surface area contributed by atoms with Crippen molar-refractivity contribution in [2.75, 3.05) is 13.3 Å². The summed E-state index contributed by atoms with van der Waals surface area (Å²) in [5.41, 5.74) is 1.18. The Kier molecular flexibility index (Phi) is 6.03. The maximum Gasteiger partial charge on any atom is 0.325 e. The van der Waals surface area contributed by atoms with Gasteiger partial charge in [0, 0.05) is 18.7 Å². The Bertz CT molecular complexity index is 388. The fourth-order valence-electron chi connectivity index (χ4n) is 1.76. The lowest BCUT2D eigenvalue weighted by atomic mass is 10.1. The van der Waals surface area contributed by atoms with Crippen LogP contribution in [0.25, 0.3) is 0 Å². The summed E-state index contributed by atoms with van der Waals surface area (Å²) >= 11 is 0. The third kappa shape index (κ3) is 6.92. The second kappa shape index (κ2) is 7.05. The van der Waals surface area contributed by atoms with Crippen LogP contribution < -0.4 is 5.32 Å². The van der Waals surface area contributed by atoms with Crippen molar-refractivity contribution in [3.05, 3.63) is 35.9 Å². The van der Waals surface area contributed by atoms with Gasteiger partial charge < -0.3 is 14.7 Å². The summed E-state index contributed by atoms with van der Waals surface area (Å²) in [6, 6.07) is 10.4. The Labute approximate surface area is 109 Å². The monoisotopic (exact) mass is 271 g/mol. The third-order valence-electron chi connectivity index (χ3n) is 2.41. The Morgan fingerprint density at radius 1 is 1.33 bits per heavy atom. The number of hydrogen-bond donors (Lipinski definition) is 2. The van der Waals surface area contributed by atoms with Crippen molar-refractivity contribution in [1.29, 1.82) is 0 Å². The van der Waals surface area contributed by atoms with Crippen molar-refractivity contribution in [2.24, 2.45) is 0 Å². The van der Waals surface area contributed by atoms with E-state index in [9.17, 15) is 9.46 Å². The van der Waals surface area contributed by atoms with E-state index in [1.807, 2.05) is 44.2 Å². The van der Waals surface area contributed by atoms with Crippen LogP contribution in [-0.2, 0) is 15.5 Å². The van der Waals surface area contributed by atoms with E-state index < -0.39 is 7.60 Å². The zero-order valence-corrected chi connectivity index (χ0v) is 12.1. The summed E-state index contributed by atoms with van der Waals surface area (Å²) in [6.45, 7) is 5.53. The van der Waals surface area contributed by atoms with Gasteiger partial charge in [-0.1, -0.05) is 44.2 Å². The summed E-state index contributed by atoms with van der Waals surface area (Å²) in [5, 5.41) is 3.34. The molecule has 0 bridgehead atoms. The molecule has 18 heavy (non-hydrogen) atoms. The van der Waals surface area contributed by atoms with E-state index in [4.69, 9.17) is 4.52 Å². The molecule has 0 aromatic heterocycles. The molecule has 4 nitrogen and oxygen atoms in total. The Balaban J connectivity index is 2.58. The van der Waals surface area contributed by atoms with Gasteiger partial charge in [0.2, 0.25) is 0 Å². The number of benzene rings is 1. The number of hydrogen-bond acceptors (Lipinski definition) is 3. The molecule has 1 rings (SSSR count). The molecule has 0 aliphatic rings. The van der Waals surface area contributed by atoms with Crippen LogP contribution >= 0.6 is 7.60 Å². The van der Waals surface area contributed by atoms with E-state index in [0.29, 0.717) is 6.04 Å². The molecule has 0 fully saturated rings. The molecule has 0 radical (unpaired) electrons. The molecule has 1 aromatic rings. The molecular weight excluding hydrogens is 249 g/mol. The third-order valence-corrected chi connectivity index (χ3v) is 3.04. The fourth-order valence-corrected chi connectivity index (χ4v) is 2.22. The first kappa shape index (κ1) is 15.4. The molecule has 0 heterocycles. The molecule has 2 N–H and O–H groups in total. The van der Waals surface area contributed by atoms with Gasteiger partial charge in [-0.2, -0.15) is 0 Å². The molecule has 0 aliphatic heterocycles. The maximum atomic E-state index is 11.2. The van der Waals surface area contributed by atoms with Gasteiger partial charge in [0.05, 0.1) is 6.61 Å². The standard InChI is InChI=1S/C13H22NO3P/c1-11(2)14-13(10-17-18(3,15)16)9-12-7-5-4-6-8-12/h4-8,11,13-14H,9-10H2,1-3H3,(H,15,16)/t13-/m0/s1. The minimum atomic E-state index is -3.41. The minimum absolute atomic E-state index is 0.0350. The van der Waals surface area contributed by atoms with E-state index in [0.717, 1.165) is 6.42 Å². The molecule has 102 valence electrons. The minimum Gasteiger partial charge on any atom is -0.324 e. The van der Waals surface area contributed by atoms with E-state index in [1.165, 1.54) is 12.2 Å². The molecule has 5 heteroatoms. The zero-order valence-electron chi connectivity index (χ0n) is 11.2. The molecule has 1 unspecified atom stereocenters. The lowest BCUT2D eigenvalue weighted by molar-refractivity contribution is 0.224. The lowest BCUT2D eigenvalue weighted by Crippen LogP contribution is -2.39. The second-order valence-electron chi connectivity index (χ2n) is 4.81. The average Bonchev–Trinajstić information content (AvgIpc) is 2.25. The zero-order chi connectivity index (χ0) is 13.6. The predicted molar refractivity (Wildman–Crippen MR) is 73.9 cm³/mol. The Morgan fingerprint density at radius 2 is 1.94 bits per heavy atom. The summed E-state index contributed by atoms with van der Waals surface area (Å²) in [5.74, 6) is 0. The normalized spacial score (nSPS) is 16.5. The summed E-state index contributed by atoms with van der Waals surface area (Å²) in [4.78, 5) is 9.17. The van der Waals surface area contributed by atoms with Crippen molar-refractivity contribution in [3.63, 3.8) is 0 Å². The summed E-state index contributed by atoms with van der Waals surface area (Å²) in [6.07, 6.45) is 0.777. The molecule has 0 aliphatic carbocycles. The Hall–Kier alpha value is -0.670. The van der Waals surface area contributed by atoms with E-state index in [1.54, 1.807) is 0 Å². The van der Waals surface area contributed by atoms with Crippen LogP contribution in [0.4, 0.5) is 0 Å². The first-order chi connectivity index (χ1) is 8.37. The van der Waals surface area contributed by atoms with Crippen LogP contribution in [0, 0.1) is 0 Å². The van der Waals surface area contributed by atoms with Crippen molar-refractivity contribution in [3.8, 4) is 0 Å². The molecule has 0 spiro atoms. The van der Waals surface area contributed by atoms with Gasteiger partial charge in [-0.3, -0.25) is 4.57 Å². The quantitative estimate of drug-likeness (QED) is 0.748. The van der Waals surface area contributed by atoms with Crippen LogP contribution in [0.5, 0.6) is 0 Å². The SMILES string of the molecule is CC(C)N[C@H](COP(C)(=O)O)Cc1ccccc1. The first-order valence-corrected chi connectivity index (χ1v) is 8.14. The second-order valence-corrected chi connectivity index (χ2v) is 6.67. The van der Waals surface area contributed by atoms with Crippen molar-refractivity contribution in [1.82, 2.24) is 5.32 Å². The van der Waals surface area contributed by atoms with Gasteiger partial charge in [0.1, 0.15) is 0 Å². The lowest BCUT2D eigenvalue weighted by Gasteiger charge is -2.22. The first-order valence-electron chi connectivity index (χ1n) is 6.11.